The molecule has 5 rings (SSSR count). The largest absolute Gasteiger partial charge is 0.481 e. The van der Waals surface area contributed by atoms with Crippen LogP contribution in [0.3, 0.4) is 0 Å². The van der Waals surface area contributed by atoms with Crippen LogP contribution in [-0.2, 0) is 9.59 Å². The molecule has 2 aromatic heterocycles. The highest BCUT2D eigenvalue weighted by Gasteiger charge is 2.16. The van der Waals surface area contributed by atoms with Crippen LogP contribution in [0.2, 0.25) is 0 Å². The van der Waals surface area contributed by atoms with E-state index in [1.54, 1.807) is 42.5 Å². The summed E-state index contributed by atoms with van der Waals surface area (Å²) in [7, 11) is 0. The van der Waals surface area contributed by atoms with Crippen molar-refractivity contribution in [1.82, 2.24) is 9.97 Å². The predicted molar refractivity (Wildman–Crippen MR) is 135 cm³/mol. The molecule has 0 aliphatic rings. The number of carbonyl (C=O) groups is 2. The number of rotatable bonds is 8. The summed E-state index contributed by atoms with van der Waals surface area (Å²) in [5, 5.41) is 18.9. The third kappa shape index (κ3) is 5.07. The number of para-hydroxylation sites is 4. The van der Waals surface area contributed by atoms with Gasteiger partial charge >= 0.3 is 11.9 Å². The topological polar surface area (TPSA) is 127 Å². The number of carboxylic acids is 2. The third-order valence-electron chi connectivity index (χ3n) is 5.41. The number of carboxylic acid groups (broad SMARTS) is 2. The second-order valence-corrected chi connectivity index (χ2v) is 8.12. The monoisotopic (exact) mass is 480 g/mol. The van der Waals surface area contributed by atoms with Gasteiger partial charge in [-0.05, 0) is 53.6 Å². The minimum absolute atomic E-state index is 0.234. The first-order valence-electron chi connectivity index (χ1n) is 11.1. The van der Waals surface area contributed by atoms with Crippen molar-refractivity contribution >= 4 is 57.4 Å². The van der Waals surface area contributed by atoms with E-state index in [2.05, 4.69) is 9.97 Å². The Labute approximate surface area is 204 Å². The van der Waals surface area contributed by atoms with E-state index in [-0.39, 0.29) is 24.6 Å². The number of hydrogen-bond acceptors (Lipinski definition) is 6. The highest BCUT2D eigenvalue weighted by atomic mass is 16.4. The second-order valence-electron chi connectivity index (χ2n) is 8.12. The number of fused-ring (bicyclic) bond motifs is 2. The highest BCUT2D eigenvalue weighted by molar-refractivity contribution is 5.93. The summed E-state index contributed by atoms with van der Waals surface area (Å²) in [6.07, 6.45) is 2.85. The fraction of sp³-hybridized carbons (Fsp3) is 0.0714. The normalized spacial score (nSPS) is 12.3. The molecule has 0 aliphatic carbocycles. The summed E-state index contributed by atoms with van der Waals surface area (Å²) in [6.45, 7) is 0. The number of nitrogens with zero attached hydrogens (tertiary/aromatic N) is 2. The summed E-state index contributed by atoms with van der Waals surface area (Å²) in [4.78, 5) is 31.9. The maximum atomic E-state index is 11.5. The SMILES string of the molecule is O=C(O)C/C(=C/c1cccc(/C=C(/CC(=O)O)c2nc3ccccc3o2)c1)c1nc2ccccc2o1. The molecule has 0 radical (unpaired) electrons. The van der Waals surface area contributed by atoms with Gasteiger partial charge in [0, 0.05) is 11.1 Å². The first-order chi connectivity index (χ1) is 17.4. The minimum atomic E-state index is -1.01. The van der Waals surface area contributed by atoms with Gasteiger partial charge in [-0.25, -0.2) is 9.97 Å². The van der Waals surface area contributed by atoms with E-state index >= 15 is 0 Å². The van der Waals surface area contributed by atoms with Gasteiger partial charge in [-0.15, -0.1) is 0 Å². The summed E-state index contributed by atoms with van der Waals surface area (Å²) in [5.74, 6) is -1.56. The van der Waals surface area contributed by atoms with Crippen LogP contribution in [0.15, 0.2) is 81.6 Å². The van der Waals surface area contributed by atoms with Gasteiger partial charge in [0.2, 0.25) is 11.8 Å². The van der Waals surface area contributed by atoms with Gasteiger partial charge in [-0.1, -0.05) is 42.5 Å². The number of aromatic nitrogens is 2. The molecule has 0 bridgehead atoms. The fourth-order valence-electron chi connectivity index (χ4n) is 3.86. The Balaban J connectivity index is 1.53. The predicted octanol–water partition coefficient (Wildman–Crippen LogP) is 6.00. The zero-order valence-electron chi connectivity index (χ0n) is 18.9. The average Bonchev–Trinajstić information content (AvgIpc) is 3.47. The van der Waals surface area contributed by atoms with Crippen molar-refractivity contribution in [2.45, 2.75) is 12.8 Å². The van der Waals surface area contributed by atoms with E-state index in [1.807, 2.05) is 42.5 Å². The van der Waals surface area contributed by atoms with E-state index in [0.717, 1.165) is 0 Å². The first kappa shape index (κ1) is 22.8. The van der Waals surface area contributed by atoms with Gasteiger partial charge in [0.05, 0.1) is 12.8 Å². The van der Waals surface area contributed by atoms with Gasteiger partial charge in [-0.3, -0.25) is 9.59 Å². The van der Waals surface area contributed by atoms with Crippen molar-refractivity contribution in [3.63, 3.8) is 0 Å². The van der Waals surface area contributed by atoms with Crippen LogP contribution in [0.5, 0.6) is 0 Å². The Hall–Kier alpha value is -4.98. The molecule has 8 heteroatoms. The van der Waals surface area contributed by atoms with Crippen molar-refractivity contribution in [3.8, 4) is 0 Å². The van der Waals surface area contributed by atoms with Crippen LogP contribution in [0.1, 0.15) is 35.7 Å². The van der Waals surface area contributed by atoms with Gasteiger partial charge in [0.1, 0.15) is 11.0 Å². The average molecular weight is 480 g/mol. The van der Waals surface area contributed by atoms with E-state index in [1.165, 1.54) is 0 Å². The number of oxazole rings is 2. The molecule has 5 aromatic rings. The molecular weight excluding hydrogens is 460 g/mol. The van der Waals surface area contributed by atoms with Crippen molar-refractivity contribution in [1.29, 1.82) is 0 Å². The molecular formula is C28H20N2O6. The summed E-state index contributed by atoms with van der Waals surface area (Å²) >= 11 is 0. The van der Waals surface area contributed by atoms with Crippen LogP contribution in [0, 0.1) is 0 Å². The van der Waals surface area contributed by atoms with E-state index in [9.17, 15) is 19.8 Å². The first-order valence-corrected chi connectivity index (χ1v) is 11.1. The smallest absolute Gasteiger partial charge is 0.308 e. The molecule has 0 spiro atoms. The lowest BCUT2D eigenvalue weighted by atomic mass is 10.0. The molecule has 0 atom stereocenters. The number of benzene rings is 3. The molecule has 0 saturated heterocycles. The maximum absolute atomic E-state index is 11.5. The van der Waals surface area contributed by atoms with Crippen LogP contribution in [0.25, 0.3) is 45.5 Å². The highest BCUT2D eigenvalue weighted by Crippen LogP contribution is 2.28. The molecule has 0 amide bonds. The quantitative estimate of drug-likeness (QED) is 0.277. The minimum Gasteiger partial charge on any atom is -0.481 e. The maximum Gasteiger partial charge on any atom is 0.308 e. The molecule has 2 heterocycles. The summed E-state index contributed by atoms with van der Waals surface area (Å²) in [5.41, 5.74) is 4.63. The zero-order chi connectivity index (χ0) is 25.1. The molecule has 2 N–H and O–H groups in total. The van der Waals surface area contributed by atoms with E-state index in [4.69, 9.17) is 8.83 Å². The molecule has 36 heavy (non-hydrogen) atoms. The van der Waals surface area contributed by atoms with Crippen molar-refractivity contribution in [3.05, 3.63) is 95.7 Å². The molecule has 8 nitrogen and oxygen atoms in total. The Kier molecular flexibility index (Phi) is 6.15. The number of aliphatic carboxylic acids is 2. The Bertz CT molecular complexity index is 1470. The lowest BCUT2D eigenvalue weighted by molar-refractivity contribution is -0.136. The van der Waals surface area contributed by atoms with Crippen LogP contribution in [0.4, 0.5) is 0 Å². The zero-order valence-corrected chi connectivity index (χ0v) is 18.9. The molecule has 0 aliphatic heterocycles. The second kappa shape index (κ2) is 9.71. The Morgan fingerprint density at radius 2 is 1.11 bits per heavy atom. The van der Waals surface area contributed by atoms with Crippen LogP contribution < -0.4 is 0 Å². The molecule has 0 fully saturated rings. The Morgan fingerprint density at radius 3 is 1.53 bits per heavy atom. The third-order valence-corrected chi connectivity index (χ3v) is 5.41. The number of hydrogen-bond donors (Lipinski definition) is 2. The standard InChI is InChI=1S/C28H20N2O6/c31-25(32)15-19(27-29-21-8-1-3-10-23(21)35-27)13-17-6-5-7-18(12-17)14-20(16-26(33)34)28-30-22-9-2-4-11-24(22)36-28/h1-14H,15-16H2,(H,31,32)(H,33,34)/b19-13-,20-14-. The lowest BCUT2D eigenvalue weighted by Crippen LogP contribution is -1.98. The molecule has 0 unspecified atom stereocenters. The van der Waals surface area contributed by atoms with E-state index in [0.29, 0.717) is 44.5 Å². The van der Waals surface area contributed by atoms with Crippen LogP contribution >= 0.6 is 0 Å². The van der Waals surface area contributed by atoms with Crippen molar-refractivity contribution < 1.29 is 28.6 Å². The van der Waals surface area contributed by atoms with Crippen molar-refractivity contribution in [2.75, 3.05) is 0 Å². The molecule has 3 aromatic carbocycles. The van der Waals surface area contributed by atoms with Gasteiger partial charge in [-0.2, -0.15) is 0 Å². The molecule has 0 saturated carbocycles. The van der Waals surface area contributed by atoms with Gasteiger partial charge in [0.15, 0.2) is 11.2 Å². The lowest BCUT2D eigenvalue weighted by Gasteiger charge is -2.04. The summed E-state index contributed by atoms with van der Waals surface area (Å²) in [6, 6.07) is 21.7. The Morgan fingerprint density at radius 1 is 0.667 bits per heavy atom. The summed E-state index contributed by atoms with van der Waals surface area (Å²) < 4.78 is 11.6. The fourth-order valence-corrected chi connectivity index (χ4v) is 3.86. The van der Waals surface area contributed by atoms with Crippen molar-refractivity contribution in [2.24, 2.45) is 0 Å². The van der Waals surface area contributed by atoms with Gasteiger partial charge in [0.25, 0.3) is 0 Å². The molecule has 178 valence electrons. The van der Waals surface area contributed by atoms with Crippen LogP contribution in [-0.4, -0.2) is 32.1 Å². The van der Waals surface area contributed by atoms with Gasteiger partial charge < -0.3 is 19.0 Å². The van der Waals surface area contributed by atoms with E-state index < -0.39 is 11.9 Å².